The van der Waals surface area contributed by atoms with Gasteiger partial charge in [0.05, 0.1) is 12.7 Å². The van der Waals surface area contributed by atoms with Crippen LogP contribution in [0.3, 0.4) is 0 Å². The molecule has 130 valence electrons. The van der Waals surface area contributed by atoms with E-state index in [0.717, 1.165) is 31.4 Å². The van der Waals surface area contributed by atoms with E-state index >= 15 is 0 Å². The molecule has 0 bridgehead atoms. The summed E-state index contributed by atoms with van der Waals surface area (Å²) < 4.78 is 10.7. The second kappa shape index (κ2) is 8.38. The van der Waals surface area contributed by atoms with Crippen molar-refractivity contribution in [2.75, 3.05) is 20.3 Å². The number of amides is 2. The zero-order valence-electron chi connectivity index (χ0n) is 14.2. The number of likely N-dealkylation sites (N-methyl/N-ethyl adjacent to an activating group) is 1. The van der Waals surface area contributed by atoms with E-state index in [4.69, 9.17) is 15.2 Å². The number of nitrogens with two attached hydrogens (primary N) is 1. The van der Waals surface area contributed by atoms with Crippen molar-refractivity contribution in [3.63, 3.8) is 0 Å². The van der Waals surface area contributed by atoms with Gasteiger partial charge in [-0.15, -0.1) is 0 Å². The summed E-state index contributed by atoms with van der Waals surface area (Å²) in [6.45, 7) is 2.38. The number of rotatable bonds is 7. The number of carbonyl (C=O) groups excluding carboxylic acids is 2. The molecule has 0 spiro atoms. The number of nitrogens with zero attached hydrogens (tertiary/aromatic N) is 1. The van der Waals surface area contributed by atoms with Crippen molar-refractivity contribution in [2.24, 2.45) is 5.73 Å². The molecule has 0 atom stereocenters. The third-order valence-corrected chi connectivity index (χ3v) is 4.04. The van der Waals surface area contributed by atoms with Gasteiger partial charge in [0.15, 0.2) is 6.61 Å². The van der Waals surface area contributed by atoms with Gasteiger partial charge >= 0.3 is 0 Å². The van der Waals surface area contributed by atoms with Crippen LogP contribution in [0, 0.1) is 0 Å². The molecule has 0 aromatic heterocycles. The average Bonchev–Trinajstić information content (AvgIpc) is 2.61. The Balaban J connectivity index is 2.10. The fourth-order valence-corrected chi connectivity index (χ4v) is 2.78. The maximum absolute atomic E-state index is 12.5. The number of allylic oxidation sites excluding steroid dienone is 2. The number of ether oxygens (including phenoxy) is 2. The minimum absolute atomic E-state index is 0.135. The molecule has 0 heterocycles. The minimum Gasteiger partial charge on any atom is -0.497 e. The van der Waals surface area contributed by atoms with Gasteiger partial charge in [0, 0.05) is 18.3 Å². The maximum Gasteiger partial charge on any atom is 0.264 e. The summed E-state index contributed by atoms with van der Waals surface area (Å²) in [7, 11) is 1.52. The third kappa shape index (κ3) is 4.28. The van der Waals surface area contributed by atoms with Crippen molar-refractivity contribution < 1.29 is 19.1 Å². The van der Waals surface area contributed by atoms with E-state index in [-0.39, 0.29) is 23.8 Å². The third-order valence-electron chi connectivity index (χ3n) is 4.04. The Kier molecular flexibility index (Phi) is 6.23. The van der Waals surface area contributed by atoms with Crippen molar-refractivity contribution >= 4 is 11.8 Å². The highest BCUT2D eigenvalue weighted by Crippen LogP contribution is 2.25. The first-order valence-electron chi connectivity index (χ1n) is 8.16. The fourth-order valence-electron chi connectivity index (χ4n) is 2.78. The first-order chi connectivity index (χ1) is 11.6. The highest BCUT2D eigenvalue weighted by molar-refractivity contribution is 5.96. The van der Waals surface area contributed by atoms with Crippen molar-refractivity contribution in [3.8, 4) is 11.5 Å². The Morgan fingerprint density at radius 2 is 2.08 bits per heavy atom. The monoisotopic (exact) mass is 332 g/mol. The Bertz CT molecular complexity index is 640. The average molecular weight is 332 g/mol. The number of methoxy groups -OCH3 is 1. The minimum atomic E-state index is -0.609. The lowest BCUT2D eigenvalue weighted by atomic mass is 10.0. The lowest BCUT2D eigenvalue weighted by Crippen LogP contribution is -2.35. The SMILES string of the molecule is CCN(C(=O)COc1cc(OC)ccc1C(N)=O)C1=CCCCC1. The number of benzene rings is 1. The van der Waals surface area contributed by atoms with E-state index in [1.807, 2.05) is 6.92 Å². The normalized spacial score (nSPS) is 13.8. The fraction of sp³-hybridized carbons (Fsp3) is 0.444. The molecule has 0 fully saturated rings. The molecule has 2 rings (SSSR count). The van der Waals surface area contributed by atoms with E-state index in [1.54, 1.807) is 17.0 Å². The summed E-state index contributed by atoms with van der Waals surface area (Å²) in [5, 5.41) is 0. The topological polar surface area (TPSA) is 81.9 Å². The molecule has 1 aliphatic carbocycles. The van der Waals surface area contributed by atoms with Gasteiger partial charge in [-0.3, -0.25) is 9.59 Å². The molecule has 0 unspecified atom stereocenters. The Morgan fingerprint density at radius 3 is 2.67 bits per heavy atom. The van der Waals surface area contributed by atoms with Crippen LogP contribution < -0.4 is 15.2 Å². The molecule has 1 aromatic rings. The van der Waals surface area contributed by atoms with Gasteiger partial charge < -0.3 is 20.1 Å². The molecular formula is C18H24N2O4. The van der Waals surface area contributed by atoms with Crippen LogP contribution in [0.2, 0.25) is 0 Å². The summed E-state index contributed by atoms with van der Waals surface area (Å²) >= 11 is 0. The number of hydrogen-bond donors (Lipinski definition) is 1. The van der Waals surface area contributed by atoms with Crippen LogP contribution in [0.5, 0.6) is 11.5 Å². The van der Waals surface area contributed by atoms with Gasteiger partial charge in [-0.05, 0) is 44.7 Å². The highest BCUT2D eigenvalue weighted by atomic mass is 16.5. The summed E-state index contributed by atoms with van der Waals surface area (Å²) in [5.74, 6) is 0.0417. The van der Waals surface area contributed by atoms with Gasteiger partial charge in [-0.1, -0.05) is 6.08 Å². The molecule has 24 heavy (non-hydrogen) atoms. The molecular weight excluding hydrogens is 308 g/mol. The van der Waals surface area contributed by atoms with Crippen molar-refractivity contribution in [1.82, 2.24) is 4.90 Å². The molecule has 2 N–H and O–H groups in total. The lowest BCUT2D eigenvalue weighted by Gasteiger charge is -2.26. The van der Waals surface area contributed by atoms with E-state index in [0.29, 0.717) is 12.3 Å². The second-order valence-electron chi connectivity index (χ2n) is 5.59. The van der Waals surface area contributed by atoms with Crippen LogP contribution >= 0.6 is 0 Å². The quantitative estimate of drug-likeness (QED) is 0.831. The largest absolute Gasteiger partial charge is 0.497 e. The van der Waals surface area contributed by atoms with Crippen LogP contribution in [0.15, 0.2) is 30.0 Å². The molecule has 6 nitrogen and oxygen atoms in total. The zero-order chi connectivity index (χ0) is 17.5. The molecule has 0 radical (unpaired) electrons. The van der Waals surface area contributed by atoms with Crippen molar-refractivity contribution in [1.29, 1.82) is 0 Å². The first-order valence-corrected chi connectivity index (χ1v) is 8.16. The van der Waals surface area contributed by atoms with Crippen LogP contribution in [-0.4, -0.2) is 37.0 Å². The Labute approximate surface area is 142 Å². The van der Waals surface area contributed by atoms with Gasteiger partial charge in [-0.2, -0.15) is 0 Å². The summed E-state index contributed by atoms with van der Waals surface area (Å²) in [6, 6.07) is 4.71. The predicted octanol–water partition coefficient (Wildman–Crippen LogP) is 2.48. The van der Waals surface area contributed by atoms with Crippen LogP contribution in [0.1, 0.15) is 43.0 Å². The first kappa shape index (κ1) is 17.8. The van der Waals surface area contributed by atoms with E-state index in [2.05, 4.69) is 6.08 Å². The second-order valence-corrected chi connectivity index (χ2v) is 5.59. The molecule has 1 aromatic carbocycles. The zero-order valence-corrected chi connectivity index (χ0v) is 14.2. The van der Waals surface area contributed by atoms with Gasteiger partial charge in [0.25, 0.3) is 11.8 Å². The summed E-state index contributed by atoms with van der Waals surface area (Å²) in [5.41, 5.74) is 6.63. The van der Waals surface area contributed by atoms with Crippen LogP contribution in [0.25, 0.3) is 0 Å². The summed E-state index contributed by atoms with van der Waals surface area (Å²) in [6.07, 6.45) is 6.29. The Hall–Kier alpha value is -2.50. The van der Waals surface area contributed by atoms with E-state index < -0.39 is 5.91 Å². The van der Waals surface area contributed by atoms with Crippen LogP contribution in [-0.2, 0) is 4.79 Å². The lowest BCUT2D eigenvalue weighted by molar-refractivity contribution is -0.131. The van der Waals surface area contributed by atoms with Gasteiger partial charge in [0.2, 0.25) is 0 Å². The maximum atomic E-state index is 12.5. The predicted molar refractivity (Wildman–Crippen MR) is 90.9 cm³/mol. The van der Waals surface area contributed by atoms with Crippen molar-refractivity contribution in [2.45, 2.75) is 32.6 Å². The number of hydrogen-bond acceptors (Lipinski definition) is 4. The molecule has 0 saturated heterocycles. The standard InChI is InChI=1S/C18H24N2O4/c1-3-20(13-7-5-4-6-8-13)17(21)12-24-16-11-14(23-2)9-10-15(16)18(19)22/h7,9-11H,3-6,8,12H2,1-2H3,(H2,19,22). The van der Waals surface area contributed by atoms with Gasteiger partial charge in [-0.25, -0.2) is 0 Å². The van der Waals surface area contributed by atoms with Gasteiger partial charge in [0.1, 0.15) is 11.5 Å². The molecule has 2 amide bonds. The highest BCUT2D eigenvalue weighted by Gasteiger charge is 2.19. The smallest absolute Gasteiger partial charge is 0.264 e. The molecule has 6 heteroatoms. The number of carbonyl (C=O) groups is 2. The van der Waals surface area contributed by atoms with E-state index in [1.165, 1.54) is 13.2 Å². The molecule has 0 aliphatic heterocycles. The summed E-state index contributed by atoms with van der Waals surface area (Å²) in [4.78, 5) is 25.7. The molecule has 1 aliphatic rings. The Morgan fingerprint density at radius 1 is 1.29 bits per heavy atom. The van der Waals surface area contributed by atoms with Crippen LogP contribution in [0.4, 0.5) is 0 Å². The number of primary amides is 1. The van der Waals surface area contributed by atoms with E-state index in [9.17, 15) is 9.59 Å². The molecule has 0 saturated carbocycles. The van der Waals surface area contributed by atoms with Crippen molar-refractivity contribution in [3.05, 3.63) is 35.5 Å².